The van der Waals surface area contributed by atoms with Crippen LogP contribution in [0, 0.1) is 17.1 Å². The molecule has 3 nitrogen and oxygen atoms in total. The Morgan fingerprint density at radius 1 is 1.21 bits per heavy atom. The van der Waals surface area contributed by atoms with Crippen molar-refractivity contribution in [2.24, 2.45) is 5.73 Å². The molecule has 1 aliphatic rings. The monoisotopic (exact) mass is 254 g/mol. The van der Waals surface area contributed by atoms with Crippen LogP contribution in [0.1, 0.15) is 11.7 Å². The van der Waals surface area contributed by atoms with Crippen molar-refractivity contribution in [3.63, 3.8) is 0 Å². The number of rotatable bonds is 1. The predicted molar refractivity (Wildman–Crippen MR) is 68.8 cm³/mol. The summed E-state index contributed by atoms with van der Waals surface area (Å²) < 4.78 is 19.1. The Labute approximate surface area is 110 Å². The SMILES string of the molecule is N#CC(N)C1Oc2ccc(F)cc2-c2ccccc21. The number of hydrogen-bond donors (Lipinski definition) is 1. The summed E-state index contributed by atoms with van der Waals surface area (Å²) in [6, 6.07) is 13.0. The molecule has 1 heterocycles. The molecular weight excluding hydrogens is 243 g/mol. The summed E-state index contributed by atoms with van der Waals surface area (Å²) in [5.41, 5.74) is 8.16. The van der Waals surface area contributed by atoms with Gasteiger partial charge in [-0.3, -0.25) is 0 Å². The van der Waals surface area contributed by atoms with Crippen LogP contribution in [0.3, 0.4) is 0 Å². The average Bonchev–Trinajstić information content (AvgIpc) is 2.46. The van der Waals surface area contributed by atoms with Crippen molar-refractivity contribution < 1.29 is 9.13 Å². The number of ether oxygens (including phenoxy) is 1. The zero-order valence-electron chi connectivity index (χ0n) is 10.0. The fraction of sp³-hybridized carbons (Fsp3) is 0.133. The molecule has 2 aromatic carbocycles. The maximum atomic E-state index is 13.4. The van der Waals surface area contributed by atoms with E-state index in [0.717, 1.165) is 11.1 Å². The summed E-state index contributed by atoms with van der Waals surface area (Å²) in [6.45, 7) is 0. The molecule has 0 bridgehead atoms. The number of nitriles is 1. The minimum Gasteiger partial charge on any atom is -0.482 e. The Hall–Kier alpha value is -2.38. The van der Waals surface area contributed by atoms with Crippen LogP contribution in [0.2, 0.25) is 0 Å². The quantitative estimate of drug-likeness (QED) is 0.851. The topological polar surface area (TPSA) is 59.0 Å². The first-order valence-electron chi connectivity index (χ1n) is 5.91. The first-order valence-corrected chi connectivity index (χ1v) is 5.91. The highest BCUT2D eigenvalue weighted by atomic mass is 19.1. The van der Waals surface area contributed by atoms with E-state index in [4.69, 9.17) is 15.7 Å². The zero-order chi connectivity index (χ0) is 13.4. The molecule has 2 unspecified atom stereocenters. The van der Waals surface area contributed by atoms with Crippen molar-refractivity contribution in [2.45, 2.75) is 12.1 Å². The van der Waals surface area contributed by atoms with Gasteiger partial charge in [-0.15, -0.1) is 0 Å². The van der Waals surface area contributed by atoms with Gasteiger partial charge in [0.05, 0.1) is 6.07 Å². The maximum Gasteiger partial charge on any atom is 0.153 e. The molecule has 0 radical (unpaired) electrons. The van der Waals surface area contributed by atoms with Gasteiger partial charge in [-0.05, 0) is 23.8 Å². The number of fused-ring (bicyclic) bond motifs is 3. The molecule has 0 aliphatic carbocycles. The van der Waals surface area contributed by atoms with Gasteiger partial charge >= 0.3 is 0 Å². The first kappa shape index (κ1) is 11.7. The van der Waals surface area contributed by atoms with E-state index in [9.17, 15) is 4.39 Å². The standard InChI is InChI=1S/C15H11FN2O/c16-9-5-6-14-12(7-9)10-3-1-2-4-11(10)15(19-14)13(18)8-17/h1-7,13,15H,18H2. The molecule has 3 rings (SSSR count). The van der Waals surface area contributed by atoms with Crippen LogP contribution in [0.4, 0.5) is 4.39 Å². The Kier molecular flexibility index (Phi) is 2.69. The lowest BCUT2D eigenvalue weighted by atomic mass is 9.90. The van der Waals surface area contributed by atoms with Gasteiger partial charge in [-0.25, -0.2) is 4.39 Å². The predicted octanol–water partition coefficient (Wildman–Crippen LogP) is 2.78. The van der Waals surface area contributed by atoms with E-state index in [1.807, 2.05) is 30.3 Å². The summed E-state index contributed by atoms with van der Waals surface area (Å²) in [7, 11) is 0. The molecule has 0 amide bonds. The molecule has 2 atom stereocenters. The Bertz CT molecular complexity index is 678. The second kappa shape index (κ2) is 4.38. The Morgan fingerprint density at radius 3 is 2.79 bits per heavy atom. The second-order valence-electron chi connectivity index (χ2n) is 4.42. The number of hydrogen-bond acceptors (Lipinski definition) is 3. The molecular formula is C15H11FN2O. The molecule has 0 aromatic heterocycles. The zero-order valence-corrected chi connectivity index (χ0v) is 10.0. The Morgan fingerprint density at radius 2 is 2.00 bits per heavy atom. The van der Waals surface area contributed by atoms with Crippen molar-refractivity contribution in [3.8, 4) is 22.9 Å². The second-order valence-corrected chi connectivity index (χ2v) is 4.42. The third-order valence-corrected chi connectivity index (χ3v) is 3.23. The van der Waals surface area contributed by atoms with E-state index in [0.29, 0.717) is 11.3 Å². The minimum absolute atomic E-state index is 0.319. The van der Waals surface area contributed by atoms with Gasteiger partial charge in [0.1, 0.15) is 17.6 Å². The molecule has 0 fully saturated rings. The fourth-order valence-electron chi connectivity index (χ4n) is 2.34. The highest BCUT2D eigenvalue weighted by Crippen LogP contribution is 2.43. The summed E-state index contributed by atoms with van der Waals surface area (Å²) >= 11 is 0. The average molecular weight is 254 g/mol. The van der Waals surface area contributed by atoms with Crippen molar-refractivity contribution in [3.05, 3.63) is 53.8 Å². The third-order valence-electron chi connectivity index (χ3n) is 3.23. The van der Waals surface area contributed by atoms with Gasteiger partial charge in [0.2, 0.25) is 0 Å². The minimum atomic E-state index is -0.764. The smallest absolute Gasteiger partial charge is 0.153 e. The molecule has 4 heteroatoms. The van der Waals surface area contributed by atoms with Crippen molar-refractivity contribution in [1.29, 1.82) is 5.26 Å². The summed E-state index contributed by atoms with van der Waals surface area (Å²) in [4.78, 5) is 0. The van der Waals surface area contributed by atoms with Crippen molar-refractivity contribution in [1.82, 2.24) is 0 Å². The van der Waals surface area contributed by atoms with Crippen molar-refractivity contribution in [2.75, 3.05) is 0 Å². The lowest BCUT2D eigenvalue weighted by Gasteiger charge is -2.29. The first-order chi connectivity index (χ1) is 9.20. The number of nitrogens with zero attached hydrogens (tertiary/aromatic N) is 1. The molecule has 2 N–H and O–H groups in total. The molecule has 0 saturated carbocycles. The number of halogens is 1. The van der Waals surface area contributed by atoms with Gasteiger partial charge in [0.25, 0.3) is 0 Å². The van der Waals surface area contributed by atoms with Crippen molar-refractivity contribution >= 4 is 0 Å². The van der Waals surface area contributed by atoms with Crippen LogP contribution in [0.25, 0.3) is 11.1 Å². The van der Waals surface area contributed by atoms with Crippen LogP contribution in [0.15, 0.2) is 42.5 Å². The summed E-state index contributed by atoms with van der Waals surface area (Å²) in [5, 5.41) is 8.99. The Balaban J connectivity index is 2.21. The number of nitrogens with two attached hydrogens (primary N) is 1. The van der Waals surface area contributed by atoms with E-state index < -0.39 is 12.1 Å². The van der Waals surface area contributed by atoms with Gasteiger partial charge < -0.3 is 10.5 Å². The van der Waals surface area contributed by atoms with Crippen LogP contribution in [0.5, 0.6) is 5.75 Å². The highest BCUT2D eigenvalue weighted by molar-refractivity contribution is 5.76. The molecule has 19 heavy (non-hydrogen) atoms. The van der Waals surface area contributed by atoms with E-state index in [2.05, 4.69) is 0 Å². The van der Waals surface area contributed by atoms with Crippen LogP contribution < -0.4 is 10.5 Å². The van der Waals surface area contributed by atoms with E-state index in [-0.39, 0.29) is 5.82 Å². The molecule has 1 aliphatic heterocycles. The van der Waals surface area contributed by atoms with Gasteiger partial charge in [-0.2, -0.15) is 5.26 Å². The van der Waals surface area contributed by atoms with Crippen LogP contribution >= 0.6 is 0 Å². The summed E-state index contributed by atoms with van der Waals surface area (Å²) in [5.74, 6) is 0.232. The van der Waals surface area contributed by atoms with Gasteiger partial charge in [0.15, 0.2) is 6.10 Å². The highest BCUT2D eigenvalue weighted by Gasteiger charge is 2.30. The lowest BCUT2D eigenvalue weighted by molar-refractivity contribution is 0.189. The molecule has 2 aromatic rings. The normalized spacial score (nSPS) is 17.6. The molecule has 94 valence electrons. The summed E-state index contributed by atoms with van der Waals surface area (Å²) in [6.07, 6.45) is -0.529. The third kappa shape index (κ3) is 1.85. The lowest BCUT2D eigenvalue weighted by Crippen LogP contribution is -2.32. The van der Waals surface area contributed by atoms with E-state index in [1.54, 1.807) is 6.07 Å². The molecule has 0 spiro atoms. The van der Waals surface area contributed by atoms with E-state index in [1.165, 1.54) is 12.1 Å². The number of benzene rings is 2. The largest absolute Gasteiger partial charge is 0.482 e. The van der Waals surface area contributed by atoms with Gasteiger partial charge in [0, 0.05) is 11.1 Å². The fourth-order valence-corrected chi connectivity index (χ4v) is 2.34. The maximum absolute atomic E-state index is 13.4. The van der Waals surface area contributed by atoms with Gasteiger partial charge in [-0.1, -0.05) is 24.3 Å². The van der Waals surface area contributed by atoms with E-state index >= 15 is 0 Å². The molecule has 0 saturated heterocycles. The van der Waals surface area contributed by atoms with Crippen LogP contribution in [-0.2, 0) is 0 Å². The van der Waals surface area contributed by atoms with Crippen LogP contribution in [-0.4, -0.2) is 6.04 Å².